The molecule has 0 aromatic carbocycles. The average Bonchev–Trinajstić information content (AvgIpc) is 2.69. The Morgan fingerprint density at radius 1 is 1.24 bits per heavy atom. The predicted octanol–water partition coefficient (Wildman–Crippen LogP) is 2.59. The van der Waals surface area contributed by atoms with Gasteiger partial charge in [0.05, 0.1) is 0 Å². The number of carbonyl (C=O) groups is 2. The van der Waals surface area contributed by atoms with Crippen LogP contribution in [0.25, 0.3) is 0 Å². The molecule has 0 N–H and O–H groups in total. The van der Waals surface area contributed by atoms with Crippen LogP contribution in [0.15, 0.2) is 0 Å². The van der Waals surface area contributed by atoms with Crippen LogP contribution in [0.2, 0.25) is 0 Å². The Bertz CT molecular complexity index is 277. The summed E-state index contributed by atoms with van der Waals surface area (Å²) in [6.07, 6.45) is 5.11. The van der Waals surface area contributed by atoms with E-state index >= 15 is 0 Å². The predicted molar refractivity (Wildman–Crippen MR) is 63.4 cm³/mol. The summed E-state index contributed by atoms with van der Waals surface area (Å²) in [4.78, 5) is 23.2. The van der Waals surface area contributed by atoms with Gasteiger partial charge in [-0.15, -0.1) is 0 Å². The third-order valence-electron chi connectivity index (χ3n) is 2.89. The van der Waals surface area contributed by atoms with E-state index in [4.69, 9.17) is 9.47 Å². The molecule has 4 heteroatoms. The van der Waals surface area contributed by atoms with Crippen LogP contribution in [-0.2, 0) is 19.1 Å². The minimum absolute atomic E-state index is 0.00616. The van der Waals surface area contributed by atoms with Crippen molar-refractivity contribution in [1.82, 2.24) is 0 Å². The van der Waals surface area contributed by atoms with Crippen LogP contribution in [0.3, 0.4) is 0 Å². The molecule has 0 bridgehead atoms. The zero-order chi connectivity index (χ0) is 12.9. The molecule has 17 heavy (non-hydrogen) atoms. The topological polar surface area (TPSA) is 52.6 Å². The van der Waals surface area contributed by atoms with Gasteiger partial charge in [-0.3, -0.25) is 4.79 Å². The minimum Gasteiger partial charge on any atom is -0.459 e. The Morgan fingerprint density at radius 3 is 2.35 bits per heavy atom. The average molecular weight is 242 g/mol. The van der Waals surface area contributed by atoms with Crippen molar-refractivity contribution >= 4 is 11.9 Å². The molecule has 1 fully saturated rings. The van der Waals surface area contributed by atoms with Gasteiger partial charge in [-0.25, -0.2) is 4.79 Å². The Balaban J connectivity index is 2.44. The molecule has 0 radical (unpaired) electrons. The lowest BCUT2D eigenvalue weighted by atomic mass is 10.1. The summed E-state index contributed by atoms with van der Waals surface area (Å²) in [6.45, 7) is 5.06. The number of ether oxygens (including phenoxy) is 2. The van der Waals surface area contributed by atoms with Crippen molar-refractivity contribution in [3.05, 3.63) is 0 Å². The molecule has 98 valence electrons. The zero-order valence-electron chi connectivity index (χ0n) is 11.0. The molecule has 0 saturated heterocycles. The molecule has 0 aliphatic heterocycles. The van der Waals surface area contributed by atoms with Gasteiger partial charge < -0.3 is 9.47 Å². The van der Waals surface area contributed by atoms with E-state index in [9.17, 15) is 9.59 Å². The molecule has 0 aromatic heterocycles. The lowest BCUT2D eigenvalue weighted by Crippen LogP contribution is -2.40. The maximum atomic E-state index is 11.9. The molecule has 1 rings (SSSR count). The standard InChI is InChI=1S/C13H22O4/c1-4-7-11(14)17-13(2,3)12(15)16-10-8-5-6-9-10/h10H,4-9H2,1-3H3. The monoisotopic (exact) mass is 242 g/mol. The van der Waals surface area contributed by atoms with E-state index in [1.54, 1.807) is 13.8 Å². The second-order valence-electron chi connectivity index (χ2n) is 5.05. The summed E-state index contributed by atoms with van der Waals surface area (Å²) in [5, 5.41) is 0. The van der Waals surface area contributed by atoms with Gasteiger partial charge in [-0.05, 0) is 46.0 Å². The first kappa shape index (κ1) is 14.0. The molecule has 0 spiro atoms. The highest BCUT2D eigenvalue weighted by atomic mass is 16.6. The van der Waals surface area contributed by atoms with E-state index in [1.807, 2.05) is 6.92 Å². The fourth-order valence-corrected chi connectivity index (χ4v) is 1.88. The van der Waals surface area contributed by atoms with Crippen LogP contribution in [-0.4, -0.2) is 23.6 Å². The molecule has 1 saturated carbocycles. The van der Waals surface area contributed by atoms with Crippen LogP contribution < -0.4 is 0 Å². The summed E-state index contributed by atoms with van der Waals surface area (Å²) >= 11 is 0. The molecule has 0 heterocycles. The maximum absolute atomic E-state index is 11.9. The number of rotatable bonds is 5. The molecule has 0 unspecified atom stereocenters. The van der Waals surface area contributed by atoms with Gasteiger partial charge in [-0.1, -0.05) is 6.92 Å². The molecular formula is C13H22O4. The molecule has 1 aliphatic rings. The largest absolute Gasteiger partial charge is 0.459 e. The highest BCUT2D eigenvalue weighted by Crippen LogP contribution is 2.23. The summed E-state index contributed by atoms with van der Waals surface area (Å²) in [5.41, 5.74) is -1.17. The minimum atomic E-state index is -1.17. The van der Waals surface area contributed by atoms with Gasteiger partial charge in [-0.2, -0.15) is 0 Å². The van der Waals surface area contributed by atoms with Crippen molar-refractivity contribution < 1.29 is 19.1 Å². The van der Waals surface area contributed by atoms with Crippen LogP contribution >= 0.6 is 0 Å². The van der Waals surface area contributed by atoms with E-state index in [1.165, 1.54) is 0 Å². The lowest BCUT2D eigenvalue weighted by molar-refractivity contribution is -0.182. The van der Waals surface area contributed by atoms with Gasteiger partial charge >= 0.3 is 11.9 Å². The first-order valence-corrected chi connectivity index (χ1v) is 6.38. The Labute approximate surface area is 103 Å². The van der Waals surface area contributed by atoms with Gasteiger partial charge in [0.25, 0.3) is 0 Å². The first-order valence-electron chi connectivity index (χ1n) is 6.38. The van der Waals surface area contributed by atoms with Gasteiger partial charge in [0, 0.05) is 6.42 Å². The third-order valence-corrected chi connectivity index (χ3v) is 2.89. The van der Waals surface area contributed by atoms with E-state index in [0.717, 1.165) is 25.7 Å². The van der Waals surface area contributed by atoms with Crippen molar-refractivity contribution in [1.29, 1.82) is 0 Å². The number of carbonyl (C=O) groups excluding carboxylic acids is 2. The van der Waals surface area contributed by atoms with Crippen molar-refractivity contribution in [2.75, 3.05) is 0 Å². The van der Waals surface area contributed by atoms with Gasteiger partial charge in [0.1, 0.15) is 6.10 Å². The summed E-state index contributed by atoms with van der Waals surface area (Å²) in [5.74, 6) is -0.783. The van der Waals surface area contributed by atoms with Crippen molar-refractivity contribution in [3.8, 4) is 0 Å². The quantitative estimate of drug-likeness (QED) is 0.695. The smallest absolute Gasteiger partial charge is 0.350 e. The Morgan fingerprint density at radius 2 is 1.82 bits per heavy atom. The van der Waals surface area contributed by atoms with Crippen LogP contribution in [0.5, 0.6) is 0 Å². The zero-order valence-corrected chi connectivity index (χ0v) is 11.0. The van der Waals surface area contributed by atoms with Crippen molar-refractivity contribution in [2.24, 2.45) is 0 Å². The van der Waals surface area contributed by atoms with Crippen LogP contribution in [0.4, 0.5) is 0 Å². The SMILES string of the molecule is CCCC(=O)OC(C)(C)C(=O)OC1CCCC1. The molecule has 1 aliphatic carbocycles. The van der Waals surface area contributed by atoms with Crippen LogP contribution in [0.1, 0.15) is 59.3 Å². The fourth-order valence-electron chi connectivity index (χ4n) is 1.88. The number of hydrogen-bond donors (Lipinski definition) is 0. The van der Waals surface area contributed by atoms with E-state index in [-0.39, 0.29) is 12.1 Å². The van der Waals surface area contributed by atoms with Crippen molar-refractivity contribution in [2.45, 2.75) is 71.0 Å². The normalized spacial score (nSPS) is 16.9. The lowest BCUT2D eigenvalue weighted by Gasteiger charge is -2.25. The number of hydrogen-bond acceptors (Lipinski definition) is 4. The van der Waals surface area contributed by atoms with E-state index < -0.39 is 11.6 Å². The second kappa shape index (κ2) is 6.03. The molecule has 0 atom stereocenters. The maximum Gasteiger partial charge on any atom is 0.350 e. The van der Waals surface area contributed by atoms with E-state index in [2.05, 4.69) is 0 Å². The highest BCUT2D eigenvalue weighted by Gasteiger charge is 2.35. The van der Waals surface area contributed by atoms with E-state index in [0.29, 0.717) is 12.8 Å². The summed E-state index contributed by atoms with van der Waals surface area (Å²) < 4.78 is 10.5. The highest BCUT2D eigenvalue weighted by molar-refractivity contribution is 5.82. The van der Waals surface area contributed by atoms with Gasteiger partial charge in [0.15, 0.2) is 0 Å². The molecule has 4 nitrogen and oxygen atoms in total. The number of esters is 2. The third kappa shape index (κ3) is 4.36. The molecular weight excluding hydrogens is 220 g/mol. The summed E-state index contributed by atoms with van der Waals surface area (Å²) in [6, 6.07) is 0. The van der Waals surface area contributed by atoms with Crippen molar-refractivity contribution in [3.63, 3.8) is 0 Å². The second-order valence-corrected chi connectivity index (χ2v) is 5.05. The first-order chi connectivity index (χ1) is 7.95. The fraction of sp³-hybridized carbons (Fsp3) is 0.846. The summed E-state index contributed by atoms with van der Waals surface area (Å²) in [7, 11) is 0. The van der Waals surface area contributed by atoms with Crippen LogP contribution in [0, 0.1) is 0 Å². The Kier molecular flexibility index (Phi) is 4.97. The van der Waals surface area contributed by atoms with Gasteiger partial charge in [0.2, 0.25) is 5.60 Å². The molecule has 0 amide bonds. The molecule has 0 aromatic rings. The Hall–Kier alpha value is -1.06.